The molecule has 1 N–H and O–H groups in total. The molecule has 0 amide bonds. The highest BCUT2D eigenvalue weighted by molar-refractivity contribution is 5.85. The van der Waals surface area contributed by atoms with Gasteiger partial charge in [0.2, 0.25) is 0 Å². The summed E-state index contributed by atoms with van der Waals surface area (Å²) in [6.45, 7) is 4.26. The Kier molecular flexibility index (Phi) is 2.11. The van der Waals surface area contributed by atoms with Gasteiger partial charge in [-0.15, -0.1) is 0 Å². The van der Waals surface area contributed by atoms with Gasteiger partial charge in [0, 0.05) is 13.1 Å². The van der Waals surface area contributed by atoms with Crippen LogP contribution in [0, 0.1) is 5.92 Å². The third-order valence-corrected chi connectivity index (χ3v) is 2.40. The third-order valence-electron chi connectivity index (χ3n) is 2.40. The zero-order valence-corrected chi connectivity index (χ0v) is 7.97. The molecular weight excluding hydrogens is 180 g/mol. The normalized spacial score (nSPS) is 16.5. The number of hydrogen-bond donors (Lipinski definition) is 1. The molecule has 0 spiro atoms. The van der Waals surface area contributed by atoms with Crippen molar-refractivity contribution in [3.8, 4) is 0 Å². The summed E-state index contributed by atoms with van der Waals surface area (Å²) in [5.74, 6) is -0.248. The summed E-state index contributed by atoms with van der Waals surface area (Å²) < 4.78 is 0. The van der Waals surface area contributed by atoms with Gasteiger partial charge < -0.3 is 10.0 Å². The monoisotopic (exact) mass is 192 g/mol. The van der Waals surface area contributed by atoms with Crippen LogP contribution in [0.3, 0.4) is 0 Å². The molecule has 0 saturated carbocycles. The average Bonchev–Trinajstić information content (AvgIpc) is 2.13. The van der Waals surface area contributed by atoms with E-state index in [1.807, 2.05) is 6.07 Å². The van der Waals surface area contributed by atoms with Crippen molar-refractivity contribution in [1.82, 2.24) is 4.98 Å². The van der Waals surface area contributed by atoms with Gasteiger partial charge in [0.25, 0.3) is 0 Å². The van der Waals surface area contributed by atoms with E-state index in [1.54, 1.807) is 12.3 Å². The minimum atomic E-state index is -0.978. The second-order valence-corrected chi connectivity index (χ2v) is 3.72. The van der Waals surface area contributed by atoms with Gasteiger partial charge in [0.15, 0.2) is 0 Å². The van der Waals surface area contributed by atoms with Crippen molar-refractivity contribution in [3.63, 3.8) is 0 Å². The summed E-state index contributed by atoms with van der Waals surface area (Å²) in [5, 5.41) is 8.65. The Morgan fingerprint density at radius 1 is 1.57 bits per heavy atom. The smallest absolute Gasteiger partial charge is 0.354 e. The molecule has 0 atom stereocenters. The van der Waals surface area contributed by atoms with E-state index in [9.17, 15) is 4.79 Å². The lowest BCUT2D eigenvalue weighted by Gasteiger charge is -2.38. The number of hydrogen-bond acceptors (Lipinski definition) is 3. The summed E-state index contributed by atoms with van der Waals surface area (Å²) in [6.07, 6.45) is 1.62. The summed E-state index contributed by atoms with van der Waals surface area (Å²) >= 11 is 0. The maximum Gasteiger partial charge on any atom is 0.354 e. The van der Waals surface area contributed by atoms with Crippen LogP contribution in [0.25, 0.3) is 0 Å². The number of rotatable bonds is 2. The van der Waals surface area contributed by atoms with Gasteiger partial charge in [-0.05, 0) is 18.1 Å². The van der Waals surface area contributed by atoms with Gasteiger partial charge in [-0.2, -0.15) is 0 Å². The Hall–Kier alpha value is -1.58. The highest BCUT2D eigenvalue weighted by Gasteiger charge is 2.22. The van der Waals surface area contributed by atoms with Crippen LogP contribution in [0.5, 0.6) is 0 Å². The van der Waals surface area contributed by atoms with E-state index in [0.29, 0.717) is 0 Å². The van der Waals surface area contributed by atoms with Crippen LogP contribution < -0.4 is 4.90 Å². The maximum absolute atomic E-state index is 10.5. The number of aromatic carboxylic acids is 1. The number of carboxylic acids is 1. The van der Waals surface area contributed by atoms with Gasteiger partial charge in [0.1, 0.15) is 5.69 Å². The number of anilines is 1. The van der Waals surface area contributed by atoms with Crippen LogP contribution in [0.15, 0.2) is 18.3 Å². The van der Waals surface area contributed by atoms with Crippen LogP contribution in [0.2, 0.25) is 0 Å². The van der Waals surface area contributed by atoms with Gasteiger partial charge >= 0.3 is 5.97 Å². The molecular formula is C10H12N2O2. The van der Waals surface area contributed by atoms with Gasteiger partial charge in [-0.3, -0.25) is 0 Å². The number of carbonyl (C=O) groups is 1. The molecule has 4 heteroatoms. The van der Waals surface area contributed by atoms with E-state index in [1.165, 1.54) is 0 Å². The molecule has 0 aliphatic carbocycles. The van der Waals surface area contributed by atoms with Gasteiger partial charge in [-0.1, -0.05) is 6.92 Å². The molecule has 74 valence electrons. The molecule has 0 radical (unpaired) electrons. The van der Waals surface area contributed by atoms with Gasteiger partial charge in [0.05, 0.1) is 11.9 Å². The number of nitrogens with zero attached hydrogens (tertiary/aromatic N) is 2. The number of pyridine rings is 1. The molecule has 0 aromatic carbocycles. The van der Waals surface area contributed by atoms with Crippen molar-refractivity contribution in [3.05, 3.63) is 24.0 Å². The second kappa shape index (κ2) is 3.29. The zero-order chi connectivity index (χ0) is 10.1. The van der Waals surface area contributed by atoms with Crippen molar-refractivity contribution in [2.75, 3.05) is 18.0 Å². The Labute approximate surface area is 82.2 Å². The molecule has 1 aliphatic heterocycles. The van der Waals surface area contributed by atoms with Crippen LogP contribution >= 0.6 is 0 Å². The lowest BCUT2D eigenvalue weighted by molar-refractivity contribution is 0.0690. The fraction of sp³-hybridized carbons (Fsp3) is 0.400. The standard InChI is InChI=1S/C10H12N2O2/c1-7-5-12(6-7)8-2-3-9(10(13)14)11-4-8/h2-4,7H,5-6H2,1H3,(H,13,14). The predicted octanol–water partition coefficient (Wildman–Crippen LogP) is 1.24. The Morgan fingerprint density at radius 3 is 2.71 bits per heavy atom. The summed E-state index contributed by atoms with van der Waals surface area (Å²) in [6, 6.07) is 3.35. The lowest BCUT2D eigenvalue weighted by atomic mass is 10.0. The Balaban J connectivity index is 2.10. The Bertz CT molecular complexity index is 342. The highest BCUT2D eigenvalue weighted by Crippen LogP contribution is 2.23. The van der Waals surface area contributed by atoms with Crippen LogP contribution in [-0.4, -0.2) is 29.1 Å². The molecule has 14 heavy (non-hydrogen) atoms. The van der Waals surface area contributed by atoms with E-state index in [4.69, 9.17) is 5.11 Å². The van der Waals surface area contributed by atoms with Crippen LogP contribution in [-0.2, 0) is 0 Å². The zero-order valence-electron chi connectivity index (χ0n) is 7.97. The van der Waals surface area contributed by atoms with Crippen molar-refractivity contribution < 1.29 is 9.90 Å². The molecule has 1 aromatic rings. The second-order valence-electron chi connectivity index (χ2n) is 3.72. The molecule has 1 aromatic heterocycles. The molecule has 1 aliphatic rings. The highest BCUT2D eigenvalue weighted by atomic mass is 16.4. The first kappa shape index (κ1) is 8.99. The number of aromatic nitrogens is 1. The topological polar surface area (TPSA) is 53.4 Å². The van der Waals surface area contributed by atoms with E-state index < -0.39 is 5.97 Å². The van der Waals surface area contributed by atoms with Crippen molar-refractivity contribution >= 4 is 11.7 Å². The fourth-order valence-electron chi connectivity index (χ4n) is 1.61. The third kappa shape index (κ3) is 1.55. The molecule has 1 fully saturated rings. The quantitative estimate of drug-likeness (QED) is 0.765. The maximum atomic E-state index is 10.5. The first-order valence-electron chi connectivity index (χ1n) is 4.61. The molecule has 0 unspecified atom stereocenters. The average molecular weight is 192 g/mol. The largest absolute Gasteiger partial charge is 0.477 e. The first-order chi connectivity index (χ1) is 6.66. The molecule has 1 saturated heterocycles. The van der Waals surface area contributed by atoms with E-state index in [2.05, 4.69) is 16.8 Å². The summed E-state index contributed by atoms with van der Waals surface area (Å²) in [5.41, 5.74) is 1.11. The fourth-order valence-corrected chi connectivity index (χ4v) is 1.61. The molecule has 4 nitrogen and oxygen atoms in total. The molecule has 0 bridgehead atoms. The first-order valence-corrected chi connectivity index (χ1v) is 4.61. The summed E-state index contributed by atoms with van der Waals surface area (Å²) in [7, 11) is 0. The summed E-state index contributed by atoms with van der Waals surface area (Å²) in [4.78, 5) is 16.6. The number of carboxylic acid groups (broad SMARTS) is 1. The minimum Gasteiger partial charge on any atom is -0.477 e. The van der Waals surface area contributed by atoms with Crippen LogP contribution in [0.4, 0.5) is 5.69 Å². The van der Waals surface area contributed by atoms with Crippen molar-refractivity contribution in [2.45, 2.75) is 6.92 Å². The SMILES string of the molecule is CC1CN(c2ccc(C(=O)O)nc2)C1. The lowest BCUT2D eigenvalue weighted by Crippen LogP contribution is -2.45. The van der Waals surface area contributed by atoms with Crippen LogP contribution in [0.1, 0.15) is 17.4 Å². The van der Waals surface area contributed by atoms with E-state index in [0.717, 1.165) is 24.7 Å². The minimum absolute atomic E-state index is 0.0994. The molecule has 2 heterocycles. The van der Waals surface area contributed by atoms with E-state index in [-0.39, 0.29) is 5.69 Å². The van der Waals surface area contributed by atoms with Crippen molar-refractivity contribution in [1.29, 1.82) is 0 Å². The van der Waals surface area contributed by atoms with E-state index >= 15 is 0 Å². The van der Waals surface area contributed by atoms with Crippen molar-refractivity contribution in [2.24, 2.45) is 5.92 Å². The molecule has 2 rings (SSSR count). The Morgan fingerprint density at radius 2 is 2.29 bits per heavy atom. The van der Waals surface area contributed by atoms with Gasteiger partial charge in [-0.25, -0.2) is 9.78 Å². The predicted molar refractivity (Wildman–Crippen MR) is 52.6 cm³/mol.